The number of benzene rings is 2. The van der Waals surface area contributed by atoms with E-state index < -0.39 is 11.7 Å². The average Bonchev–Trinajstić information content (AvgIpc) is 2.66. The van der Waals surface area contributed by atoms with E-state index in [9.17, 15) is 15.0 Å². The van der Waals surface area contributed by atoms with E-state index in [0.717, 1.165) is 5.57 Å². The predicted octanol–water partition coefficient (Wildman–Crippen LogP) is 5.46. The monoisotopic (exact) mass is 418 g/mol. The molecule has 3 aromatic rings. The fourth-order valence-electron chi connectivity index (χ4n) is 4.06. The van der Waals surface area contributed by atoms with Gasteiger partial charge in [0.25, 0.3) is 0 Å². The summed E-state index contributed by atoms with van der Waals surface area (Å²) in [7, 11) is 0. The minimum Gasteiger partial charge on any atom is -0.508 e. The first-order chi connectivity index (χ1) is 14.6. The Bertz CT molecular complexity index is 1370. The van der Waals surface area contributed by atoms with Gasteiger partial charge in [0.2, 0.25) is 5.43 Å². The maximum Gasteiger partial charge on any atom is 0.204 e. The Labute approximate surface area is 178 Å². The number of allylic oxidation sites excluding steroid dienone is 1. The molecule has 1 unspecified atom stereocenters. The Hall–Kier alpha value is -3.67. The molecule has 5 rings (SSSR count). The van der Waals surface area contributed by atoms with Crippen molar-refractivity contribution in [3.63, 3.8) is 0 Å². The lowest BCUT2D eigenvalue weighted by molar-refractivity contribution is 0.158. The zero-order valence-corrected chi connectivity index (χ0v) is 17.6. The summed E-state index contributed by atoms with van der Waals surface area (Å²) in [6.07, 6.45) is 4.69. The van der Waals surface area contributed by atoms with Gasteiger partial charge in [0.1, 0.15) is 51.4 Å². The summed E-state index contributed by atoms with van der Waals surface area (Å²) in [5.74, 6) is 1.09. The predicted molar refractivity (Wildman–Crippen MR) is 118 cm³/mol. The van der Waals surface area contributed by atoms with E-state index in [4.69, 9.17) is 13.9 Å². The van der Waals surface area contributed by atoms with Crippen LogP contribution in [0.1, 0.15) is 44.9 Å². The molecule has 0 saturated heterocycles. The zero-order valence-electron chi connectivity index (χ0n) is 17.6. The molecule has 2 aliphatic rings. The van der Waals surface area contributed by atoms with Gasteiger partial charge in [0, 0.05) is 12.1 Å². The van der Waals surface area contributed by atoms with Crippen LogP contribution in [-0.2, 0) is 0 Å². The SMILES string of the molecule is CC(C)=CC1Oc2cc(O)ccc2-c2oc3cc4c(c(O)c3c(=O)c21)C=CC(C)(C)O4. The van der Waals surface area contributed by atoms with Crippen LogP contribution < -0.4 is 14.9 Å². The smallest absolute Gasteiger partial charge is 0.204 e. The van der Waals surface area contributed by atoms with Gasteiger partial charge in [0.05, 0.1) is 16.7 Å². The molecule has 3 heterocycles. The highest BCUT2D eigenvalue weighted by Crippen LogP contribution is 2.47. The van der Waals surface area contributed by atoms with Crippen LogP contribution in [0.15, 0.2) is 51.2 Å². The maximum absolute atomic E-state index is 13.6. The largest absolute Gasteiger partial charge is 0.508 e. The quantitative estimate of drug-likeness (QED) is 0.511. The van der Waals surface area contributed by atoms with Crippen molar-refractivity contribution in [1.29, 1.82) is 0 Å². The molecule has 6 heteroatoms. The molecule has 1 aromatic heterocycles. The first-order valence-corrected chi connectivity index (χ1v) is 10.0. The molecular weight excluding hydrogens is 396 g/mol. The third-order valence-electron chi connectivity index (χ3n) is 5.45. The third-order valence-corrected chi connectivity index (χ3v) is 5.45. The number of phenolic OH excluding ortho intramolecular Hbond substituents is 2. The molecule has 0 aliphatic carbocycles. The minimum absolute atomic E-state index is 0.0513. The van der Waals surface area contributed by atoms with E-state index in [2.05, 4.69) is 0 Å². The molecule has 2 N–H and O–H groups in total. The number of phenols is 2. The highest BCUT2D eigenvalue weighted by molar-refractivity contribution is 5.93. The third kappa shape index (κ3) is 2.98. The molecule has 0 bridgehead atoms. The van der Waals surface area contributed by atoms with Crippen molar-refractivity contribution in [3.8, 4) is 34.3 Å². The number of aromatic hydroxyl groups is 2. The van der Waals surface area contributed by atoms with Crippen molar-refractivity contribution >= 4 is 17.0 Å². The lowest BCUT2D eigenvalue weighted by Crippen LogP contribution is -2.27. The Morgan fingerprint density at radius 1 is 1.13 bits per heavy atom. The second-order valence-electron chi connectivity index (χ2n) is 8.69. The van der Waals surface area contributed by atoms with Gasteiger partial charge in [-0.2, -0.15) is 0 Å². The van der Waals surface area contributed by atoms with Gasteiger partial charge >= 0.3 is 0 Å². The fourth-order valence-corrected chi connectivity index (χ4v) is 4.06. The van der Waals surface area contributed by atoms with Crippen LogP contribution in [0, 0.1) is 0 Å². The first-order valence-electron chi connectivity index (χ1n) is 10.0. The van der Waals surface area contributed by atoms with Crippen molar-refractivity contribution in [1.82, 2.24) is 0 Å². The second kappa shape index (κ2) is 6.41. The second-order valence-corrected chi connectivity index (χ2v) is 8.69. The molecule has 1 atom stereocenters. The van der Waals surface area contributed by atoms with E-state index in [0.29, 0.717) is 33.9 Å². The molecule has 2 aliphatic heterocycles. The summed E-state index contributed by atoms with van der Waals surface area (Å²) in [6.45, 7) is 7.62. The lowest BCUT2D eigenvalue weighted by atomic mass is 9.94. The molecule has 6 nitrogen and oxygen atoms in total. The standard InChI is InChI=1S/C25H22O6/c1-12(2)9-18-21-23(28)20-19(11-17-14(22(20)27)7-8-25(3,4)31-17)30-24(21)15-6-5-13(26)10-16(15)29-18/h5-11,18,26-27H,1-4H3. The summed E-state index contributed by atoms with van der Waals surface area (Å²) in [4.78, 5) is 13.6. The average molecular weight is 418 g/mol. The van der Waals surface area contributed by atoms with Crippen molar-refractivity contribution in [2.24, 2.45) is 0 Å². The van der Waals surface area contributed by atoms with Crippen LogP contribution in [0.4, 0.5) is 0 Å². The van der Waals surface area contributed by atoms with Gasteiger partial charge in [-0.15, -0.1) is 0 Å². The van der Waals surface area contributed by atoms with Gasteiger partial charge in [-0.25, -0.2) is 0 Å². The Morgan fingerprint density at radius 3 is 2.65 bits per heavy atom. The molecule has 2 aromatic carbocycles. The summed E-state index contributed by atoms with van der Waals surface area (Å²) in [5.41, 5.74) is 1.58. The summed E-state index contributed by atoms with van der Waals surface area (Å²) >= 11 is 0. The highest BCUT2D eigenvalue weighted by Gasteiger charge is 2.33. The molecular formula is C25H22O6. The molecule has 0 amide bonds. The zero-order chi connectivity index (χ0) is 22.1. The van der Waals surface area contributed by atoms with Gasteiger partial charge < -0.3 is 24.1 Å². The summed E-state index contributed by atoms with van der Waals surface area (Å²) < 4.78 is 18.2. The van der Waals surface area contributed by atoms with Crippen molar-refractivity contribution in [3.05, 3.63) is 63.3 Å². The van der Waals surface area contributed by atoms with Crippen LogP contribution in [0.2, 0.25) is 0 Å². The number of hydrogen-bond acceptors (Lipinski definition) is 6. The Balaban J connectivity index is 1.87. The number of hydrogen-bond donors (Lipinski definition) is 2. The molecule has 0 spiro atoms. The van der Waals surface area contributed by atoms with Crippen molar-refractivity contribution in [2.75, 3.05) is 0 Å². The Kier molecular flexibility index (Phi) is 3.99. The lowest BCUT2D eigenvalue weighted by Gasteiger charge is -2.29. The molecule has 0 radical (unpaired) electrons. The van der Waals surface area contributed by atoms with Crippen LogP contribution in [0.3, 0.4) is 0 Å². The summed E-state index contributed by atoms with van der Waals surface area (Å²) in [5, 5.41) is 21.0. The van der Waals surface area contributed by atoms with E-state index >= 15 is 0 Å². The molecule has 158 valence electrons. The van der Waals surface area contributed by atoms with E-state index in [1.54, 1.807) is 18.2 Å². The normalized spacial score (nSPS) is 17.7. The number of fused-ring (bicyclic) bond motifs is 5. The van der Waals surface area contributed by atoms with E-state index in [1.165, 1.54) is 12.1 Å². The van der Waals surface area contributed by atoms with Crippen molar-refractivity contribution in [2.45, 2.75) is 39.4 Å². The first kappa shape index (κ1) is 19.3. The minimum atomic E-state index is -0.712. The van der Waals surface area contributed by atoms with Crippen LogP contribution in [-0.4, -0.2) is 15.8 Å². The van der Waals surface area contributed by atoms with Gasteiger partial charge in [-0.1, -0.05) is 5.57 Å². The highest BCUT2D eigenvalue weighted by atomic mass is 16.5. The van der Waals surface area contributed by atoms with Crippen LogP contribution in [0.5, 0.6) is 23.0 Å². The number of rotatable bonds is 1. The van der Waals surface area contributed by atoms with Crippen LogP contribution in [0.25, 0.3) is 28.4 Å². The van der Waals surface area contributed by atoms with Gasteiger partial charge in [-0.3, -0.25) is 4.79 Å². The molecule has 0 saturated carbocycles. The molecule has 31 heavy (non-hydrogen) atoms. The fraction of sp³-hybridized carbons (Fsp3) is 0.240. The van der Waals surface area contributed by atoms with Gasteiger partial charge in [0.15, 0.2) is 0 Å². The Morgan fingerprint density at radius 2 is 1.90 bits per heavy atom. The topological polar surface area (TPSA) is 89.1 Å². The molecule has 0 fully saturated rings. The van der Waals surface area contributed by atoms with Gasteiger partial charge in [-0.05, 0) is 58.1 Å². The summed E-state index contributed by atoms with van der Waals surface area (Å²) in [6, 6.07) is 6.30. The van der Waals surface area contributed by atoms with E-state index in [1.807, 2.05) is 39.8 Å². The van der Waals surface area contributed by atoms with E-state index in [-0.39, 0.29) is 27.9 Å². The van der Waals surface area contributed by atoms with Crippen LogP contribution >= 0.6 is 0 Å². The maximum atomic E-state index is 13.6. The van der Waals surface area contributed by atoms with Crippen molar-refractivity contribution < 1.29 is 24.1 Å². The number of ether oxygens (including phenoxy) is 2.